The molecule has 0 aromatic heterocycles. The predicted octanol–water partition coefficient (Wildman–Crippen LogP) is 0.670. The van der Waals surface area contributed by atoms with Crippen molar-refractivity contribution in [2.24, 2.45) is 0 Å². The van der Waals surface area contributed by atoms with Crippen LogP contribution in [0.2, 0.25) is 0 Å². The summed E-state index contributed by atoms with van der Waals surface area (Å²) < 4.78 is 12.9. The van der Waals surface area contributed by atoms with Crippen LogP contribution < -0.4 is 0 Å². The van der Waals surface area contributed by atoms with E-state index in [1.807, 2.05) is 11.9 Å². The Kier molecular flexibility index (Phi) is 4.57. The summed E-state index contributed by atoms with van der Waals surface area (Å²) in [6.07, 6.45) is 0. The second kappa shape index (κ2) is 6.22. The number of carbonyl (C=O) groups excluding carboxylic acids is 2. The highest BCUT2D eigenvalue weighted by atomic mass is 19.1. The van der Waals surface area contributed by atoms with Gasteiger partial charge in [-0.05, 0) is 31.3 Å². The van der Waals surface area contributed by atoms with Gasteiger partial charge in [-0.1, -0.05) is 0 Å². The fourth-order valence-electron chi connectivity index (χ4n) is 2.40. The molecular formula is C15H20FN3O2. The first-order valence-corrected chi connectivity index (χ1v) is 6.86. The Labute approximate surface area is 123 Å². The third-order valence-corrected chi connectivity index (χ3v) is 3.75. The molecule has 0 spiro atoms. The van der Waals surface area contributed by atoms with Gasteiger partial charge in [0.1, 0.15) is 11.9 Å². The van der Waals surface area contributed by atoms with Gasteiger partial charge >= 0.3 is 0 Å². The number of halogens is 1. The number of piperazine rings is 1. The zero-order chi connectivity index (χ0) is 15.6. The molecule has 1 fully saturated rings. The molecule has 1 aromatic carbocycles. The van der Waals surface area contributed by atoms with E-state index >= 15 is 0 Å². The maximum absolute atomic E-state index is 12.9. The third-order valence-electron chi connectivity index (χ3n) is 3.75. The molecule has 1 aromatic rings. The predicted molar refractivity (Wildman–Crippen MR) is 77.4 cm³/mol. The molecular weight excluding hydrogens is 273 g/mol. The molecule has 0 aliphatic carbocycles. The summed E-state index contributed by atoms with van der Waals surface area (Å²) in [6.45, 7) is 1.55. The van der Waals surface area contributed by atoms with E-state index in [9.17, 15) is 14.0 Å². The van der Waals surface area contributed by atoms with Crippen molar-refractivity contribution in [1.82, 2.24) is 14.7 Å². The first kappa shape index (κ1) is 15.4. The van der Waals surface area contributed by atoms with Gasteiger partial charge < -0.3 is 9.80 Å². The van der Waals surface area contributed by atoms with Crippen molar-refractivity contribution < 1.29 is 14.0 Å². The maximum atomic E-state index is 12.9. The number of rotatable bonds is 2. The van der Waals surface area contributed by atoms with E-state index in [1.165, 1.54) is 29.2 Å². The van der Waals surface area contributed by atoms with Crippen molar-refractivity contribution in [1.29, 1.82) is 0 Å². The maximum Gasteiger partial charge on any atom is 0.253 e. The van der Waals surface area contributed by atoms with Crippen LogP contribution in [0.4, 0.5) is 4.39 Å². The lowest BCUT2D eigenvalue weighted by molar-refractivity contribution is -0.135. The SMILES string of the molecule is CN(C)C(=O)C1CN(C(=O)c2ccc(F)cc2)CCN1C. The number of amides is 2. The van der Waals surface area contributed by atoms with E-state index in [0.717, 1.165) is 0 Å². The van der Waals surface area contributed by atoms with Gasteiger partial charge in [0, 0.05) is 39.3 Å². The third kappa shape index (κ3) is 3.39. The molecule has 21 heavy (non-hydrogen) atoms. The van der Waals surface area contributed by atoms with Crippen LogP contribution in [-0.2, 0) is 4.79 Å². The summed E-state index contributed by atoms with van der Waals surface area (Å²) >= 11 is 0. The Hall–Kier alpha value is -1.95. The lowest BCUT2D eigenvalue weighted by atomic mass is 10.1. The Morgan fingerprint density at radius 1 is 1.19 bits per heavy atom. The van der Waals surface area contributed by atoms with Crippen LogP contribution in [0.3, 0.4) is 0 Å². The van der Waals surface area contributed by atoms with E-state index in [1.54, 1.807) is 19.0 Å². The quantitative estimate of drug-likeness (QED) is 0.805. The summed E-state index contributed by atoms with van der Waals surface area (Å²) in [5, 5.41) is 0. The summed E-state index contributed by atoms with van der Waals surface area (Å²) in [5.41, 5.74) is 0.442. The van der Waals surface area contributed by atoms with Crippen molar-refractivity contribution in [3.63, 3.8) is 0 Å². The van der Waals surface area contributed by atoms with E-state index in [2.05, 4.69) is 0 Å². The van der Waals surface area contributed by atoms with Gasteiger partial charge in [0.15, 0.2) is 0 Å². The summed E-state index contributed by atoms with van der Waals surface area (Å²) in [6, 6.07) is 5.15. The number of nitrogens with zero attached hydrogens (tertiary/aromatic N) is 3. The minimum Gasteiger partial charge on any atom is -0.347 e. The normalized spacial score (nSPS) is 19.4. The summed E-state index contributed by atoms with van der Waals surface area (Å²) in [7, 11) is 5.29. The summed E-state index contributed by atoms with van der Waals surface area (Å²) in [5.74, 6) is -0.556. The van der Waals surface area contributed by atoms with Crippen molar-refractivity contribution in [2.75, 3.05) is 40.8 Å². The minimum atomic E-state index is -0.370. The molecule has 1 unspecified atom stereocenters. The van der Waals surface area contributed by atoms with Crippen LogP contribution in [0.5, 0.6) is 0 Å². The van der Waals surface area contributed by atoms with Gasteiger partial charge in [0.05, 0.1) is 0 Å². The van der Waals surface area contributed by atoms with Crippen molar-refractivity contribution in [3.8, 4) is 0 Å². The number of carbonyl (C=O) groups is 2. The molecule has 114 valence electrons. The molecule has 1 aliphatic rings. The van der Waals surface area contributed by atoms with E-state index in [4.69, 9.17) is 0 Å². The number of hydrogen-bond donors (Lipinski definition) is 0. The Morgan fingerprint density at radius 2 is 1.81 bits per heavy atom. The molecule has 1 aliphatic heterocycles. The number of benzene rings is 1. The smallest absolute Gasteiger partial charge is 0.253 e. The highest BCUT2D eigenvalue weighted by Crippen LogP contribution is 2.14. The monoisotopic (exact) mass is 293 g/mol. The molecule has 0 saturated carbocycles. The van der Waals surface area contributed by atoms with E-state index in [0.29, 0.717) is 25.2 Å². The Balaban J connectivity index is 2.12. The van der Waals surface area contributed by atoms with Crippen LogP contribution in [0, 0.1) is 5.82 Å². The number of hydrogen-bond acceptors (Lipinski definition) is 3. The molecule has 2 amide bonds. The Bertz CT molecular complexity index is 530. The number of likely N-dealkylation sites (N-methyl/N-ethyl adjacent to an activating group) is 2. The zero-order valence-electron chi connectivity index (χ0n) is 12.5. The van der Waals surface area contributed by atoms with Crippen LogP contribution in [0.15, 0.2) is 24.3 Å². The molecule has 1 atom stereocenters. The van der Waals surface area contributed by atoms with Gasteiger partial charge in [0.25, 0.3) is 5.91 Å². The minimum absolute atomic E-state index is 0.0193. The van der Waals surface area contributed by atoms with Gasteiger partial charge in [-0.15, -0.1) is 0 Å². The second-order valence-electron chi connectivity index (χ2n) is 5.49. The first-order valence-electron chi connectivity index (χ1n) is 6.86. The fraction of sp³-hybridized carbons (Fsp3) is 0.467. The van der Waals surface area contributed by atoms with Crippen LogP contribution in [0.1, 0.15) is 10.4 Å². The van der Waals surface area contributed by atoms with E-state index in [-0.39, 0.29) is 23.7 Å². The average molecular weight is 293 g/mol. The largest absolute Gasteiger partial charge is 0.347 e. The van der Waals surface area contributed by atoms with Crippen LogP contribution in [0.25, 0.3) is 0 Å². The summed E-state index contributed by atoms with van der Waals surface area (Å²) in [4.78, 5) is 29.7. The highest BCUT2D eigenvalue weighted by molar-refractivity contribution is 5.95. The van der Waals surface area contributed by atoms with Crippen molar-refractivity contribution in [2.45, 2.75) is 6.04 Å². The zero-order valence-corrected chi connectivity index (χ0v) is 12.5. The lowest BCUT2D eigenvalue weighted by Crippen LogP contribution is -2.58. The highest BCUT2D eigenvalue weighted by Gasteiger charge is 2.33. The van der Waals surface area contributed by atoms with Gasteiger partial charge in [-0.3, -0.25) is 14.5 Å². The standard InChI is InChI=1S/C15H20FN3O2/c1-17(2)15(21)13-10-19(9-8-18(13)3)14(20)11-4-6-12(16)7-5-11/h4-7,13H,8-10H2,1-3H3. The molecule has 0 N–H and O–H groups in total. The molecule has 1 heterocycles. The molecule has 6 heteroatoms. The second-order valence-corrected chi connectivity index (χ2v) is 5.49. The lowest BCUT2D eigenvalue weighted by Gasteiger charge is -2.39. The molecule has 5 nitrogen and oxygen atoms in total. The first-order chi connectivity index (χ1) is 9.90. The molecule has 1 saturated heterocycles. The fourth-order valence-corrected chi connectivity index (χ4v) is 2.40. The van der Waals surface area contributed by atoms with Gasteiger partial charge in [-0.2, -0.15) is 0 Å². The molecule has 0 bridgehead atoms. The topological polar surface area (TPSA) is 43.9 Å². The van der Waals surface area contributed by atoms with Gasteiger partial charge in [-0.25, -0.2) is 4.39 Å². The van der Waals surface area contributed by atoms with Crippen molar-refractivity contribution >= 4 is 11.8 Å². The van der Waals surface area contributed by atoms with Crippen molar-refractivity contribution in [3.05, 3.63) is 35.6 Å². The molecule has 0 radical (unpaired) electrons. The molecule has 2 rings (SSSR count). The van der Waals surface area contributed by atoms with Crippen LogP contribution >= 0.6 is 0 Å². The average Bonchev–Trinajstić information content (AvgIpc) is 2.47. The van der Waals surface area contributed by atoms with E-state index < -0.39 is 0 Å². The van der Waals surface area contributed by atoms with Gasteiger partial charge in [0.2, 0.25) is 5.91 Å². The Morgan fingerprint density at radius 3 is 2.38 bits per heavy atom. The van der Waals surface area contributed by atoms with Crippen LogP contribution in [-0.4, -0.2) is 73.3 Å².